The van der Waals surface area contributed by atoms with E-state index >= 15 is 0 Å². The molecular formula is C11H10FNOS. The van der Waals surface area contributed by atoms with E-state index < -0.39 is 0 Å². The summed E-state index contributed by atoms with van der Waals surface area (Å²) >= 11 is 1.61. The number of hydrogen-bond acceptors (Lipinski definition) is 3. The van der Waals surface area contributed by atoms with E-state index in [0.29, 0.717) is 0 Å². The van der Waals surface area contributed by atoms with Crippen molar-refractivity contribution in [2.24, 2.45) is 0 Å². The quantitative estimate of drug-likeness (QED) is 0.746. The fourth-order valence-corrected chi connectivity index (χ4v) is 1.95. The Kier molecular flexibility index (Phi) is 3.06. The standard InChI is InChI=1S/C11H10FNOS/c1-8-6-10(13-14-8)7-15-11-4-2-9(12)3-5-11/h2-6H,7H2,1H3. The molecule has 1 aromatic heterocycles. The number of hydrogen-bond donors (Lipinski definition) is 0. The molecule has 2 aromatic rings. The van der Waals surface area contributed by atoms with Crippen molar-refractivity contribution in [2.75, 3.05) is 0 Å². The number of benzene rings is 1. The van der Waals surface area contributed by atoms with Crippen molar-refractivity contribution in [1.82, 2.24) is 5.16 Å². The Morgan fingerprint density at radius 1 is 1.33 bits per heavy atom. The van der Waals surface area contributed by atoms with Crippen LogP contribution in [-0.4, -0.2) is 5.16 Å². The van der Waals surface area contributed by atoms with Gasteiger partial charge in [0, 0.05) is 16.7 Å². The van der Waals surface area contributed by atoms with Crippen LogP contribution in [-0.2, 0) is 5.75 Å². The Morgan fingerprint density at radius 2 is 2.07 bits per heavy atom. The van der Waals surface area contributed by atoms with E-state index in [1.165, 1.54) is 12.1 Å². The molecule has 0 aliphatic heterocycles. The molecule has 0 amide bonds. The maximum absolute atomic E-state index is 12.6. The zero-order chi connectivity index (χ0) is 10.7. The van der Waals surface area contributed by atoms with Gasteiger partial charge in [0.05, 0.1) is 5.69 Å². The number of aryl methyl sites for hydroxylation is 1. The lowest BCUT2D eigenvalue weighted by Gasteiger charge is -1.97. The van der Waals surface area contributed by atoms with Crippen LogP contribution >= 0.6 is 11.8 Å². The molecule has 0 spiro atoms. The van der Waals surface area contributed by atoms with Crippen molar-refractivity contribution in [3.8, 4) is 0 Å². The van der Waals surface area contributed by atoms with E-state index in [1.54, 1.807) is 23.9 Å². The molecule has 0 saturated heterocycles. The van der Waals surface area contributed by atoms with Gasteiger partial charge in [-0.25, -0.2) is 4.39 Å². The van der Waals surface area contributed by atoms with Gasteiger partial charge in [0.1, 0.15) is 11.6 Å². The number of thioether (sulfide) groups is 1. The molecular weight excluding hydrogens is 213 g/mol. The van der Waals surface area contributed by atoms with Crippen LogP contribution in [0.5, 0.6) is 0 Å². The molecule has 0 atom stereocenters. The summed E-state index contributed by atoms with van der Waals surface area (Å²) < 4.78 is 17.6. The Labute approximate surface area is 91.5 Å². The van der Waals surface area contributed by atoms with Crippen LogP contribution < -0.4 is 0 Å². The highest BCUT2D eigenvalue weighted by atomic mass is 32.2. The first-order chi connectivity index (χ1) is 7.24. The fraction of sp³-hybridized carbons (Fsp3) is 0.182. The Hall–Kier alpha value is -1.29. The first-order valence-electron chi connectivity index (χ1n) is 4.54. The van der Waals surface area contributed by atoms with Crippen LogP contribution in [0, 0.1) is 12.7 Å². The summed E-state index contributed by atoms with van der Waals surface area (Å²) in [5, 5.41) is 3.88. The lowest BCUT2D eigenvalue weighted by atomic mass is 10.4. The van der Waals surface area contributed by atoms with Crippen LogP contribution in [0.3, 0.4) is 0 Å². The zero-order valence-electron chi connectivity index (χ0n) is 8.24. The van der Waals surface area contributed by atoms with Crippen LogP contribution in [0.2, 0.25) is 0 Å². The molecule has 0 unspecified atom stereocenters. The van der Waals surface area contributed by atoms with E-state index in [0.717, 1.165) is 22.1 Å². The molecule has 0 bridgehead atoms. The summed E-state index contributed by atoms with van der Waals surface area (Å²) in [5.41, 5.74) is 0.904. The number of rotatable bonds is 3. The highest BCUT2D eigenvalue weighted by molar-refractivity contribution is 7.98. The van der Waals surface area contributed by atoms with E-state index in [2.05, 4.69) is 5.16 Å². The van der Waals surface area contributed by atoms with Crippen molar-refractivity contribution in [2.45, 2.75) is 17.6 Å². The highest BCUT2D eigenvalue weighted by Crippen LogP contribution is 2.22. The van der Waals surface area contributed by atoms with Gasteiger partial charge in [0.25, 0.3) is 0 Å². The SMILES string of the molecule is Cc1cc(CSc2ccc(F)cc2)no1. The molecule has 0 N–H and O–H groups in total. The van der Waals surface area contributed by atoms with Gasteiger partial charge in [-0.2, -0.15) is 0 Å². The fourth-order valence-electron chi connectivity index (χ4n) is 1.17. The van der Waals surface area contributed by atoms with Crippen molar-refractivity contribution in [3.63, 3.8) is 0 Å². The monoisotopic (exact) mass is 223 g/mol. The van der Waals surface area contributed by atoms with Crippen LogP contribution in [0.25, 0.3) is 0 Å². The number of halogens is 1. The van der Waals surface area contributed by atoms with Crippen molar-refractivity contribution in [3.05, 3.63) is 47.6 Å². The summed E-state index contributed by atoms with van der Waals surface area (Å²) in [4.78, 5) is 1.03. The van der Waals surface area contributed by atoms with E-state index in [4.69, 9.17) is 4.52 Å². The van der Waals surface area contributed by atoms with Crippen molar-refractivity contribution >= 4 is 11.8 Å². The smallest absolute Gasteiger partial charge is 0.133 e. The first kappa shape index (κ1) is 10.2. The summed E-state index contributed by atoms with van der Waals surface area (Å²) in [6, 6.07) is 8.32. The minimum atomic E-state index is -0.211. The molecule has 2 rings (SSSR count). The molecule has 1 heterocycles. The molecule has 0 aliphatic rings. The van der Waals surface area contributed by atoms with E-state index in [-0.39, 0.29) is 5.82 Å². The van der Waals surface area contributed by atoms with Gasteiger partial charge in [0.2, 0.25) is 0 Å². The average Bonchev–Trinajstić information content (AvgIpc) is 2.64. The Balaban J connectivity index is 1.96. The van der Waals surface area contributed by atoms with Crippen LogP contribution in [0.4, 0.5) is 4.39 Å². The predicted molar refractivity (Wildman–Crippen MR) is 57.2 cm³/mol. The maximum Gasteiger partial charge on any atom is 0.133 e. The lowest BCUT2D eigenvalue weighted by molar-refractivity contribution is 0.393. The molecule has 1 aromatic carbocycles. The van der Waals surface area contributed by atoms with Gasteiger partial charge < -0.3 is 4.52 Å². The Morgan fingerprint density at radius 3 is 2.67 bits per heavy atom. The molecule has 0 radical (unpaired) electrons. The number of aromatic nitrogens is 1. The third kappa shape index (κ3) is 2.83. The largest absolute Gasteiger partial charge is 0.361 e. The zero-order valence-corrected chi connectivity index (χ0v) is 9.05. The van der Waals surface area contributed by atoms with Crippen LogP contribution in [0.15, 0.2) is 39.8 Å². The molecule has 2 nitrogen and oxygen atoms in total. The molecule has 4 heteroatoms. The van der Waals surface area contributed by atoms with Crippen LogP contribution in [0.1, 0.15) is 11.5 Å². The maximum atomic E-state index is 12.6. The van der Waals surface area contributed by atoms with Crippen molar-refractivity contribution < 1.29 is 8.91 Å². The first-order valence-corrected chi connectivity index (χ1v) is 5.53. The second-order valence-electron chi connectivity index (χ2n) is 3.17. The van der Waals surface area contributed by atoms with Gasteiger partial charge in [-0.05, 0) is 31.2 Å². The van der Waals surface area contributed by atoms with Gasteiger partial charge in [-0.1, -0.05) is 5.16 Å². The normalized spacial score (nSPS) is 10.5. The van der Waals surface area contributed by atoms with Gasteiger partial charge >= 0.3 is 0 Å². The molecule has 78 valence electrons. The predicted octanol–water partition coefficient (Wildman–Crippen LogP) is 3.41. The minimum Gasteiger partial charge on any atom is -0.361 e. The van der Waals surface area contributed by atoms with E-state index in [9.17, 15) is 4.39 Å². The summed E-state index contributed by atoms with van der Waals surface area (Å²) in [6.07, 6.45) is 0. The molecule has 15 heavy (non-hydrogen) atoms. The van der Waals surface area contributed by atoms with Crippen molar-refractivity contribution in [1.29, 1.82) is 0 Å². The van der Waals surface area contributed by atoms with Gasteiger partial charge in [-0.15, -0.1) is 11.8 Å². The third-order valence-corrected chi connectivity index (χ3v) is 2.92. The third-order valence-electron chi connectivity index (χ3n) is 1.88. The highest BCUT2D eigenvalue weighted by Gasteiger charge is 2.01. The minimum absolute atomic E-state index is 0.211. The lowest BCUT2D eigenvalue weighted by Crippen LogP contribution is -1.79. The topological polar surface area (TPSA) is 26.0 Å². The summed E-state index contributed by atoms with van der Waals surface area (Å²) in [7, 11) is 0. The Bertz CT molecular complexity index is 438. The van der Waals surface area contributed by atoms with Gasteiger partial charge in [0.15, 0.2) is 0 Å². The second-order valence-corrected chi connectivity index (χ2v) is 4.22. The van der Waals surface area contributed by atoms with E-state index in [1.807, 2.05) is 13.0 Å². The molecule has 0 aliphatic carbocycles. The van der Waals surface area contributed by atoms with Gasteiger partial charge in [-0.3, -0.25) is 0 Å². The molecule has 0 saturated carbocycles. The second kappa shape index (κ2) is 4.49. The summed E-state index contributed by atoms with van der Waals surface area (Å²) in [5.74, 6) is 1.34. The average molecular weight is 223 g/mol. The summed E-state index contributed by atoms with van der Waals surface area (Å²) in [6.45, 7) is 1.86. The number of nitrogens with zero attached hydrogens (tertiary/aromatic N) is 1. The molecule has 0 fully saturated rings.